The standard InChI is InChI=1S/C19H26N4O3/c1-25-14-19(24)20-11-16-8-10-23-17(7-9-21-23)13-22(16)12-15-5-3-4-6-18(15)26-2/h3-7,9,16H,8,10-14H2,1-2H3,(H,20,24)/t16-/m0/s1. The maximum absolute atomic E-state index is 11.8. The van der Waals surface area contributed by atoms with Crippen molar-refractivity contribution in [3.8, 4) is 5.75 Å². The van der Waals surface area contributed by atoms with Gasteiger partial charge in [-0.3, -0.25) is 14.4 Å². The van der Waals surface area contributed by atoms with Gasteiger partial charge < -0.3 is 14.8 Å². The molecular formula is C19H26N4O3. The molecule has 1 atom stereocenters. The Morgan fingerprint density at radius 1 is 1.31 bits per heavy atom. The van der Waals surface area contributed by atoms with Gasteiger partial charge in [-0.15, -0.1) is 0 Å². The number of hydrogen-bond donors (Lipinski definition) is 1. The van der Waals surface area contributed by atoms with E-state index < -0.39 is 0 Å². The zero-order valence-electron chi connectivity index (χ0n) is 15.4. The SMILES string of the molecule is COCC(=O)NC[C@@H]1CCn2nccc2CN1Cc1ccccc1OC. The number of ether oxygens (including phenoxy) is 2. The lowest BCUT2D eigenvalue weighted by molar-refractivity contribution is -0.125. The van der Waals surface area contributed by atoms with Crippen LogP contribution in [0.3, 0.4) is 0 Å². The number of para-hydroxylation sites is 1. The molecule has 0 radical (unpaired) electrons. The molecule has 140 valence electrons. The third-order valence-electron chi connectivity index (χ3n) is 4.74. The Labute approximate surface area is 153 Å². The third kappa shape index (κ3) is 4.42. The molecule has 1 aliphatic heterocycles. The third-order valence-corrected chi connectivity index (χ3v) is 4.74. The van der Waals surface area contributed by atoms with Crippen LogP contribution in [-0.4, -0.2) is 54.0 Å². The van der Waals surface area contributed by atoms with E-state index in [0.29, 0.717) is 6.54 Å². The highest BCUT2D eigenvalue weighted by atomic mass is 16.5. The van der Waals surface area contributed by atoms with E-state index in [0.717, 1.165) is 37.4 Å². The van der Waals surface area contributed by atoms with Gasteiger partial charge in [0, 0.05) is 51.1 Å². The minimum atomic E-state index is -0.0910. The number of carbonyl (C=O) groups excluding carboxylic acids is 1. The number of rotatable bonds is 7. The highest BCUT2D eigenvalue weighted by Gasteiger charge is 2.25. The Morgan fingerprint density at radius 2 is 2.15 bits per heavy atom. The monoisotopic (exact) mass is 358 g/mol. The van der Waals surface area contributed by atoms with Crippen LogP contribution < -0.4 is 10.1 Å². The van der Waals surface area contributed by atoms with Gasteiger partial charge in [-0.25, -0.2) is 0 Å². The van der Waals surface area contributed by atoms with Crippen molar-refractivity contribution in [2.24, 2.45) is 0 Å². The number of benzene rings is 1. The summed E-state index contributed by atoms with van der Waals surface area (Å²) in [6.45, 7) is 3.04. The van der Waals surface area contributed by atoms with Crippen molar-refractivity contribution >= 4 is 5.91 Å². The van der Waals surface area contributed by atoms with E-state index in [9.17, 15) is 4.79 Å². The quantitative estimate of drug-likeness (QED) is 0.811. The maximum atomic E-state index is 11.8. The molecule has 0 fully saturated rings. The van der Waals surface area contributed by atoms with Crippen LogP contribution in [0.1, 0.15) is 17.7 Å². The number of fused-ring (bicyclic) bond motifs is 1. The smallest absolute Gasteiger partial charge is 0.246 e. The Bertz CT molecular complexity index is 731. The topological polar surface area (TPSA) is 68.6 Å². The van der Waals surface area contributed by atoms with Crippen molar-refractivity contribution in [2.75, 3.05) is 27.4 Å². The first-order valence-electron chi connectivity index (χ1n) is 8.83. The largest absolute Gasteiger partial charge is 0.496 e. The van der Waals surface area contributed by atoms with Gasteiger partial charge in [-0.05, 0) is 18.6 Å². The molecule has 1 aromatic heterocycles. The van der Waals surface area contributed by atoms with Crippen molar-refractivity contribution in [1.29, 1.82) is 0 Å². The van der Waals surface area contributed by atoms with Gasteiger partial charge in [-0.1, -0.05) is 18.2 Å². The highest BCUT2D eigenvalue weighted by molar-refractivity contribution is 5.77. The lowest BCUT2D eigenvalue weighted by Crippen LogP contribution is -2.43. The van der Waals surface area contributed by atoms with E-state index in [1.54, 1.807) is 7.11 Å². The van der Waals surface area contributed by atoms with E-state index in [2.05, 4.69) is 27.4 Å². The van der Waals surface area contributed by atoms with Crippen LogP contribution in [0.4, 0.5) is 0 Å². The summed E-state index contributed by atoms with van der Waals surface area (Å²) >= 11 is 0. The summed E-state index contributed by atoms with van der Waals surface area (Å²) in [5, 5.41) is 7.39. The summed E-state index contributed by atoms with van der Waals surface area (Å²) in [6, 6.07) is 10.3. The number of hydrogen-bond acceptors (Lipinski definition) is 5. The number of nitrogens with one attached hydrogen (secondary N) is 1. The molecule has 1 N–H and O–H groups in total. The first kappa shape index (κ1) is 18.4. The molecule has 0 saturated carbocycles. The summed E-state index contributed by atoms with van der Waals surface area (Å²) < 4.78 is 12.5. The van der Waals surface area contributed by atoms with Gasteiger partial charge in [-0.2, -0.15) is 5.10 Å². The highest BCUT2D eigenvalue weighted by Crippen LogP contribution is 2.24. The minimum absolute atomic E-state index is 0.0841. The Hall–Kier alpha value is -2.38. The lowest BCUT2D eigenvalue weighted by Gasteiger charge is -2.30. The fourth-order valence-corrected chi connectivity index (χ4v) is 3.37. The van der Waals surface area contributed by atoms with Gasteiger partial charge >= 0.3 is 0 Å². The van der Waals surface area contributed by atoms with Crippen LogP contribution >= 0.6 is 0 Å². The summed E-state index contributed by atoms with van der Waals surface area (Å²) in [5.41, 5.74) is 2.32. The Kier molecular flexibility index (Phi) is 6.25. The van der Waals surface area contributed by atoms with Crippen LogP contribution in [0.2, 0.25) is 0 Å². The molecule has 0 spiro atoms. The Balaban J connectivity index is 1.77. The second kappa shape index (κ2) is 8.82. The van der Waals surface area contributed by atoms with Gasteiger partial charge in [0.1, 0.15) is 12.4 Å². The van der Waals surface area contributed by atoms with E-state index in [1.165, 1.54) is 12.8 Å². The number of aromatic nitrogens is 2. The fraction of sp³-hybridized carbons (Fsp3) is 0.474. The summed E-state index contributed by atoms with van der Waals surface area (Å²) in [6.07, 6.45) is 2.76. The van der Waals surface area contributed by atoms with Crippen molar-refractivity contribution < 1.29 is 14.3 Å². The van der Waals surface area contributed by atoms with Crippen LogP contribution in [0.5, 0.6) is 5.75 Å². The van der Waals surface area contributed by atoms with E-state index in [-0.39, 0.29) is 18.6 Å². The molecular weight excluding hydrogens is 332 g/mol. The van der Waals surface area contributed by atoms with E-state index in [1.807, 2.05) is 29.1 Å². The molecule has 0 unspecified atom stereocenters. The van der Waals surface area contributed by atoms with Crippen molar-refractivity contribution in [1.82, 2.24) is 20.0 Å². The van der Waals surface area contributed by atoms with E-state index in [4.69, 9.17) is 9.47 Å². The van der Waals surface area contributed by atoms with Crippen LogP contribution in [0.25, 0.3) is 0 Å². The van der Waals surface area contributed by atoms with Gasteiger partial charge in [0.15, 0.2) is 0 Å². The van der Waals surface area contributed by atoms with Gasteiger partial charge in [0.2, 0.25) is 5.91 Å². The summed E-state index contributed by atoms with van der Waals surface area (Å²) in [7, 11) is 3.22. The predicted octanol–water partition coefficient (Wildman–Crippen LogP) is 1.43. The minimum Gasteiger partial charge on any atom is -0.496 e. The predicted molar refractivity (Wildman–Crippen MR) is 97.8 cm³/mol. The normalized spacial score (nSPS) is 17.4. The zero-order chi connectivity index (χ0) is 18.4. The van der Waals surface area contributed by atoms with Crippen LogP contribution in [0.15, 0.2) is 36.5 Å². The molecule has 1 amide bonds. The van der Waals surface area contributed by atoms with Gasteiger partial charge in [0.25, 0.3) is 0 Å². The number of amides is 1. The molecule has 1 aromatic carbocycles. The molecule has 7 heteroatoms. The van der Waals surface area contributed by atoms with Crippen molar-refractivity contribution in [2.45, 2.75) is 32.1 Å². The Morgan fingerprint density at radius 3 is 2.96 bits per heavy atom. The molecule has 0 aliphatic carbocycles. The molecule has 1 aliphatic rings. The van der Waals surface area contributed by atoms with Crippen LogP contribution in [0, 0.1) is 0 Å². The first-order valence-corrected chi connectivity index (χ1v) is 8.83. The first-order chi connectivity index (χ1) is 12.7. The maximum Gasteiger partial charge on any atom is 0.246 e. The average molecular weight is 358 g/mol. The van der Waals surface area contributed by atoms with E-state index >= 15 is 0 Å². The summed E-state index contributed by atoms with van der Waals surface area (Å²) in [4.78, 5) is 14.2. The summed E-state index contributed by atoms with van der Waals surface area (Å²) in [5.74, 6) is 0.791. The molecule has 2 aromatic rings. The van der Waals surface area contributed by atoms with Gasteiger partial charge in [0.05, 0.1) is 12.8 Å². The average Bonchev–Trinajstić information content (AvgIpc) is 3.02. The number of aryl methyl sites for hydroxylation is 1. The molecule has 3 rings (SSSR count). The number of methoxy groups -OCH3 is 2. The molecule has 0 bridgehead atoms. The lowest BCUT2D eigenvalue weighted by atomic mass is 10.1. The molecule has 26 heavy (non-hydrogen) atoms. The second-order valence-corrected chi connectivity index (χ2v) is 6.44. The zero-order valence-corrected chi connectivity index (χ0v) is 15.4. The van der Waals surface area contributed by atoms with Crippen LogP contribution in [-0.2, 0) is 29.2 Å². The van der Waals surface area contributed by atoms with Crippen molar-refractivity contribution in [3.63, 3.8) is 0 Å². The fourth-order valence-electron chi connectivity index (χ4n) is 3.37. The molecule has 2 heterocycles. The second-order valence-electron chi connectivity index (χ2n) is 6.44. The molecule has 0 saturated heterocycles. The van der Waals surface area contributed by atoms with Crippen molar-refractivity contribution in [3.05, 3.63) is 47.8 Å². The number of carbonyl (C=O) groups is 1. The molecule has 7 nitrogen and oxygen atoms in total. The number of nitrogens with zero attached hydrogens (tertiary/aromatic N) is 3.